The van der Waals surface area contributed by atoms with E-state index in [-0.39, 0.29) is 16.9 Å². The van der Waals surface area contributed by atoms with E-state index in [2.05, 4.69) is 10.1 Å². The third-order valence-corrected chi connectivity index (χ3v) is 3.34. The summed E-state index contributed by atoms with van der Waals surface area (Å²) in [5.74, 6) is -0.660. The fourth-order valence-electron chi connectivity index (χ4n) is 2.17. The van der Waals surface area contributed by atoms with Crippen molar-refractivity contribution in [3.8, 4) is 11.8 Å². The van der Waals surface area contributed by atoms with Gasteiger partial charge in [0.15, 0.2) is 0 Å². The summed E-state index contributed by atoms with van der Waals surface area (Å²) in [5.41, 5.74) is 1.11. The van der Waals surface area contributed by atoms with Crippen LogP contribution in [0.3, 0.4) is 0 Å². The summed E-state index contributed by atoms with van der Waals surface area (Å²) in [6.07, 6.45) is 1.85. The highest BCUT2D eigenvalue weighted by Crippen LogP contribution is 2.22. The maximum Gasteiger partial charge on any atom is 0.387 e. The Balaban J connectivity index is 2.04. The zero-order valence-electron chi connectivity index (χ0n) is 13.3. The molecule has 0 radical (unpaired) electrons. The van der Waals surface area contributed by atoms with E-state index in [1.54, 1.807) is 12.1 Å². The van der Waals surface area contributed by atoms with Crippen LogP contribution in [0.15, 0.2) is 60.2 Å². The summed E-state index contributed by atoms with van der Waals surface area (Å²) in [6.45, 7) is -2.63. The molecule has 0 aliphatic carbocycles. The summed E-state index contributed by atoms with van der Waals surface area (Å²) in [5, 5.41) is 11.8. The van der Waals surface area contributed by atoms with E-state index in [1.165, 1.54) is 24.3 Å². The number of carbonyl (C=O) groups is 1. The van der Waals surface area contributed by atoms with E-state index in [1.807, 2.05) is 30.3 Å². The van der Waals surface area contributed by atoms with Crippen LogP contribution in [0.5, 0.6) is 5.75 Å². The number of hydrogen-bond acceptors (Lipinski definition) is 3. The number of hydrogen-bond donors (Lipinski definition) is 1. The van der Waals surface area contributed by atoms with Crippen molar-refractivity contribution in [2.45, 2.75) is 13.0 Å². The van der Waals surface area contributed by atoms with Crippen molar-refractivity contribution < 1.29 is 18.3 Å². The molecular formula is C19H16F2N2O2. The lowest BCUT2D eigenvalue weighted by Crippen LogP contribution is -2.26. The van der Waals surface area contributed by atoms with Crippen LogP contribution in [-0.4, -0.2) is 19.1 Å². The topological polar surface area (TPSA) is 62.1 Å². The summed E-state index contributed by atoms with van der Waals surface area (Å²) < 4.78 is 29.2. The standard InChI is InChI=1S/C19H16F2N2O2/c20-19(21)25-17-9-5-4-8-15(17)12-16(13-22)18(24)23-11-10-14-6-2-1-3-7-14/h1-9,12,19H,10-11H2,(H,23,24)/b16-12+. The number of para-hydroxylation sites is 1. The van der Waals surface area contributed by atoms with Gasteiger partial charge in [-0.25, -0.2) is 0 Å². The Kier molecular flexibility index (Phi) is 6.66. The van der Waals surface area contributed by atoms with Crippen LogP contribution in [0.2, 0.25) is 0 Å². The predicted octanol–water partition coefficient (Wildman–Crippen LogP) is 3.55. The van der Waals surface area contributed by atoms with Crippen molar-refractivity contribution in [3.63, 3.8) is 0 Å². The van der Waals surface area contributed by atoms with Crippen molar-refractivity contribution in [2.24, 2.45) is 0 Å². The van der Waals surface area contributed by atoms with E-state index < -0.39 is 12.5 Å². The van der Waals surface area contributed by atoms with E-state index in [0.717, 1.165) is 5.56 Å². The minimum Gasteiger partial charge on any atom is -0.434 e. The molecule has 128 valence electrons. The summed E-state index contributed by atoms with van der Waals surface area (Å²) in [7, 11) is 0. The van der Waals surface area contributed by atoms with E-state index in [9.17, 15) is 18.8 Å². The lowest BCUT2D eigenvalue weighted by Gasteiger charge is -2.08. The van der Waals surface area contributed by atoms with Crippen molar-refractivity contribution >= 4 is 12.0 Å². The van der Waals surface area contributed by atoms with Crippen LogP contribution in [0, 0.1) is 11.3 Å². The molecule has 4 nitrogen and oxygen atoms in total. The Hall–Kier alpha value is -3.20. The zero-order chi connectivity index (χ0) is 18.1. The molecule has 0 unspecified atom stereocenters. The van der Waals surface area contributed by atoms with E-state index in [0.29, 0.717) is 13.0 Å². The van der Waals surface area contributed by atoms with Crippen LogP contribution in [0.4, 0.5) is 8.78 Å². The monoisotopic (exact) mass is 342 g/mol. The lowest BCUT2D eigenvalue weighted by molar-refractivity contribution is -0.117. The molecular weight excluding hydrogens is 326 g/mol. The molecule has 0 fully saturated rings. The van der Waals surface area contributed by atoms with E-state index in [4.69, 9.17) is 0 Å². The predicted molar refractivity (Wildman–Crippen MR) is 89.8 cm³/mol. The highest BCUT2D eigenvalue weighted by molar-refractivity contribution is 6.01. The summed E-state index contributed by atoms with van der Waals surface area (Å²) in [4.78, 5) is 12.1. The van der Waals surface area contributed by atoms with Gasteiger partial charge in [0.25, 0.3) is 5.91 Å². The van der Waals surface area contributed by atoms with Gasteiger partial charge in [0, 0.05) is 12.1 Å². The normalized spacial score (nSPS) is 11.0. The number of benzene rings is 2. The fourth-order valence-corrected chi connectivity index (χ4v) is 2.17. The second-order valence-electron chi connectivity index (χ2n) is 5.08. The van der Waals surface area contributed by atoms with Crippen molar-refractivity contribution in [1.82, 2.24) is 5.32 Å². The SMILES string of the molecule is N#C/C(=C\c1ccccc1OC(F)F)C(=O)NCCc1ccccc1. The Bertz CT molecular complexity index is 784. The minimum absolute atomic E-state index is 0.0951. The molecule has 0 bridgehead atoms. The highest BCUT2D eigenvalue weighted by atomic mass is 19.3. The molecule has 1 N–H and O–H groups in total. The summed E-state index contributed by atoms with van der Waals surface area (Å²) >= 11 is 0. The highest BCUT2D eigenvalue weighted by Gasteiger charge is 2.12. The summed E-state index contributed by atoms with van der Waals surface area (Å²) in [6, 6.07) is 17.3. The molecule has 0 aliphatic rings. The average Bonchev–Trinajstić information content (AvgIpc) is 2.61. The molecule has 2 rings (SSSR count). The Morgan fingerprint density at radius 3 is 2.52 bits per heavy atom. The van der Waals surface area contributed by atoms with Gasteiger partial charge in [-0.1, -0.05) is 48.5 Å². The zero-order valence-corrected chi connectivity index (χ0v) is 13.3. The number of ether oxygens (including phenoxy) is 1. The van der Waals surface area contributed by atoms with Gasteiger partial charge in [-0.05, 0) is 24.1 Å². The fraction of sp³-hybridized carbons (Fsp3) is 0.158. The van der Waals surface area contributed by atoms with Crippen molar-refractivity contribution in [2.75, 3.05) is 6.54 Å². The first kappa shape index (κ1) is 18.1. The maximum absolute atomic E-state index is 12.4. The van der Waals surface area contributed by atoms with Crippen LogP contribution in [0.25, 0.3) is 6.08 Å². The van der Waals surface area contributed by atoms with Gasteiger partial charge in [-0.2, -0.15) is 14.0 Å². The number of halogens is 2. The molecule has 0 saturated carbocycles. The van der Waals surface area contributed by atoms with Gasteiger partial charge in [0.2, 0.25) is 0 Å². The van der Waals surface area contributed by atoms with Crippen molar-refractivity contribution in [1.29, 1.82) is 5.26 Å². The van der Waals surface area contributed by atoms with Gasteiger partial charge < -0.3 is 10.1 Å². The number of nitriles is 1. The number of nitrogens with zero attached hydrogens (tertiary/aromatic N) is 1. The smallest absolute Gasteiger partial charge is 0.387 e. The third kappa shape index (κ3) is 5.74. The van der Waals surface area contributed by atoms with Crippen LogP contribution >= 0.6 is 0 Å². The Morgan fingerprint density at radius 2 is 1.84 bits per heavy atom. The number of alkyl halides is 2. The molecule has 0 saturated heterocycles. The molecule has 1 amide bonds. The van der Waals surface area contributed by atoms with Crippen LogP contribution < -0.4 is 10.1 Å². The second-order valence-corrected chi connectivity index (χ2v) is 5.08. The number of amides is 1. The quantitative estimate of drug-likeness (QED) is 0.618. The number of carbonyl (C=O) groups excluding carboxylic acids is 1. The lowest BCUT2D eigenvalue weighted by atomic mass is 10.1. The molecule has 0 spiro atoms. The van der Waals surface area contributed by atoms with Gasteiger partial charge in [0.1, 0.15) is 17.4 Å². The first-order valence-electron chi connectivity index (χ1n) is 7.58. The molecule has 0 heterocycles. The maximum atomic E-state index is 12.4. The molecule has 2 aromatic carbocycles. The average molecular weight is 342 g/mol. The largest absolute Gasteiger partial charge is 0.434 e. The molecule has 0 aromatic heterocycles. The van der Waals surface area contributed by atoms with Gasteiger partial charge >= 0.3 is 6.61 Å². The first-order chi connectivity index (χ1) is 12.1. The molecule has 0 aliphatic heterocycles. The van der Waals surface area contributed by atoms with Gasteiger partial charge in [-0.15, -0.1) is 0 Å². The molecule has 6 heteroatoms. The Labute approximate surface area is 144 Å². The van der Waals surface area contributed by atoms with Gasteiger partial charge in [-0.3, -0.25) is 4.79 Å². The number of nitrogens with one attached hydrogen (secondary N) is 1. The van der Waals surface area contributed by atoms with Gasteiger partial charge in [0.05, 0.1) is 0 Å². The van der Waals surface area contributed by atoms with E-state index >= 15 is 0 Å². The number of rotatable bonds is 7. The van der Waals surface area contributed by atoms with Crippen molar-refractivity contribution in [3.05, 3.63) is 71.3 Å². The minimum atomic E-state index is -2.99. The van der Waals surface area contributed by atoms with Crippen LogP contribution in [0.1, 0.15) is 11.1 Å². The van der Waals surface area contributed by atoms with Crippen LogP contribution in [-0.2, 0) is 11.2 Å². The first-order valence-corrected chi connectivity index (χ1v) is 7.58. The molecule has 25 heavy (non-hydrogen) atoms. The molecule has 2 aromatic rings. The molecule has 0 atom stereocenters. The third-order valence-electron chi connectivity index (χ3n) is 3.34. The second kappa shape index (κ2) is 9.18. The Morgan fingerprint density at radius 1 is 1.16 bits per heavy atom.